The Morgan fingerprint density at radius 2 is 1.68 bits per heavy atom. The lowest BCUT2D eigenvalue weighted by Crippen LogP contribution is -2.04. The summed E-state index contributed by atoms with van der Waals surface area (Å²) in [6.07, 6.45) is 1.56. The number of rotatable bonds is 1. The first-order valence-corrected chi connectivity index (χ1v) is 6.79. The number of hydrogen-bond donors (Lipinski definition) is 1. The first-order valence-electron chi connectivity index (χ1n) is 6.79. The molecule has 1 fully saturated rings. The van der Waals surface area contributed by atoms with Crippen LogP contribution in [0.5, 0.6) is 0 Å². The smallest absolute Gasteiger partial charge is 0.146 e. The summed E-state index contributed by atoms with van der Waals surface area (Å²) in [5, 5.41) is 1.01. The predicted molar refractivity (Wildman–Crippen MR) is 78.0 cm³/mol. The first-order chi connectivity index (χ1) is 8.71. The zero-order valence-corrected chi connectivity index (χ0v) is 12.6. The molecule has 3 rings (SSSR count). The van der Waals surface area contributed by atoms with Gasteiger partial charge < -0.3 is 10.3 Å². The van der Waals surface area contributed by atoms with Crippen LogP contribution in [0, 0.1) is 24.7 Å². The van der Waals surface area contributed by atoms with Crippen molar-refractivity contribution in [2.45, 2.75) is 47.6 Å². The fourth-order valence-electron chi connectivity index (χ4n) is 3.58. The number of aromatic nitrogens is 3. The standard InChI is InChI=1S/C15H22N4/c1-8-9(2)19(13-14(3,4)15(13,5)6)12-10(8)11(16)17-7-18-12/h7,13H,1-6H3,(H2,16,17,18). The maximum absolute atomic E-state index is 6.03. The Morgan fingerprint density at radius 1 is 1.11 bits per heavy atom. The molecule has 4 nitrogen and oxygen atoms in total. The predicted octanol–water partition coefficient (Wildman–Crippen LogP) is 3.24. The van der Waals surface area contributed by atoms with Gasteiger partial charge in [-0.3, -0.25) is 0 Å². The fraction of sp³-hybridized carbons (Fsp3) is 0.600. The van der Waals surface area contributed by atoms with Crippen molar-refractivity contribution >= 4 is 16.9 Å². The van der Waals surface area contributed by atoms with Gasteiger partial charge >= 0.3 is 0 Å². The SMILES string of the molecule is Cc1c(C)n(C2C(C)(C)C2(C)C)c2ncnc(N)c12. The van der Waals surface area contributed by atoms with Gasteiger partial charge in [0, 0.05) is 11.7 Å². The van der Waals surface area contributed by atoms with Crippen LogP contribution >= 0.6 is 0 Å². The summed E-state index contributed by atoms with van der Waals surface area (Å²) in [4.78, 5) is 8.62. The summed E-state index contributed by atoms with van der Waals surface area (Å²) < 4.78 is 2.36. The van der Waals surface area contributed by atoms with Gasteiger partial charge in [-0.1, -0.05) is 27.7 Å². The molecular weight excluding hydrogens is 236 g/mol. The second-order valence-electron chi connectivity index (χ2n) is 6.88. The lowest BCUT2D eigenvalue weighted by Gasteiger charge is -2.10. The highest BCUT2D eigenvalue weighted by molar-refractivity contribution is 5.91. The van der Waals surface area contributed by atoms with Crippen molar-refractivity contribution in [1.29, 1.82) is 0 Å². The Kier molecular flexibility index (Phi) is 2.16. The summed E-state index contributed by atoms with van der Waals surface area (Å²) in [5.41, 5.74) is 10.0. The molecule has 0 saturated heterocycles. The fourth-order valence-corrected chi connectivity index (χ4v) is 3.58. The van der Waals surface area contributed by atoms with E-state index in [-0.39, 0.29) is 10.8 Å². The van der Waals surface area contributed by atoms with Crippen molar-refractivity contribution in [3.8, 4) is 0 Å². The lowest BCUT2D eigenvalue weighted by molar-refractivity contribution is 0.457. The van der Waals surface area contributed by atoms with Crippen molar-refractivity contribution in [2.75, 3.05) is 5.73 Å². The second-order valence-corrected chi connectivity index (χ2v) is 6.88. The largest absolute Gasteiger partial charge is 0.383 e. The molecule has 0 atom stereocenters. The molecule has 4 heteroatoms. The third-order valence-electron chi connectivity index (χ3n) is 5.57. The van der Waals surface area contributed by atoms with Gasteiger partial charge in [0.1, 0.15) is 17.8 Å². The topological polar surface area (TPSA) is 56.7 Å². The van der Waals surface area contributed by atoms with Gasteiger partial charge in [0.2, 0.25) is 0 Å². The number of nitrogens with two attached hydrogens (primary N) is 1. The maximum Gasteiger partial charge on any atom is 0.146 e. The van der Waals surface area contributed by atoms with E-state index in [0.29, 0.717) is 11.9 Å². The van der Waals surface area contributed by atoms with Crippen LogP contribution in [0.4, 0.5) is 5.82 Å². The number of nitrogen functional groups attached to an aromatic ring is 1. The van der Waals surface area contributed by atoms with Crippen molar-refractivity contribution in [3.63, 3.8) is 0 Å². The first kappa shape index (κ1) is 12.5. The summed E-state index contributed by atoms with van der Waals surface area (Å²) in [7, 11) is 0. The average Bonchev–Trinajstić information content (AvgIpc) is 2.58. The van der Waals surface area contributed by atoms with E-state index in [0.717, 1.165) is 11.0 Å². The number of nitrogens with zero attached hydrogens (tertiary/aromatic N) is 3. The monoisotopic (exact) mass is 258 g/mol. The van der Waals surface area contributed by atoms with E-state index in [1.165, 1.54) is 11.3 Å². The van der Waals surface area contributed by atoms with Crippen LogP contribution in [-0.4, -0.2) is 14.5 Å². The molecule has 0 unspecified atom stereocenters. The molecule has 1 aliphatic carbocycles. The van der Waals surface area contributed by atoms with Crippen LogP contribution in [0.2, 0.25) is 0 Å². The molecule has 2 N–H and O–H groups in total. The molecule has 1 aliphatic rings. The van der Waals surface area contributed by atoms with E-state index in [1.807, 2.05) is 0 Å². The highest BCUT2D eigenvalue weighted by Gasteiger charge is 2.66. The third-order valence-corrected chi connectivity index (χ3v) is 5.57. The third kappa shape index (κ3) is 1.29. The molecule has 0 aliphatic heterocycles. The van der Waals surface area contributed by atoms with E-state index < -0.39 is 0 Å². The highest BCUT2D eigenvalue weighted by atomic mass is 15.2. The number of aryl methyl sites for hydroxylation is 1. The van der Waals surface area contributed by atoms with Crippen LogP contribution in [0.3, 0.4) is 0 Å². The summed E-state index contributed by atoms with van der Waals surface area (Å²) in [6, 6.07) is 0.463. The van der Waals surface area contributed by atoms with E-state index in [2.05, 4.69) is 56.1 Å². The molecule has 0 bridgehead atoms. The Hall–Kier alpha value is -1.58. The molecule has 102 valence electrons. The van der Waals surface area contributed by atoms with Gasteiger partial charge in [0.15, 0.2) is 0 Å². The molecule has 2 heterocycles. The van der Waals surface area contributed by atoms with Gasteiger partial charge in [-0.2, -0.15) is 0 Å². The summed E-state index contributed by atoms with van der Waals surface area (Å²) >= 11 is 0. The van der Waals surface area contributed by atoms with E-state index >= 15 is 0 Å². The molecule has 0 aromatic carbocycles. The van der Waals surface area contributed by atoms with Crippen LogP contribution in [0.1, 0.15) is 45.0 Å². The average molecular weight is 258 g/mol. The Labute approximate surface area is 114 Å². The quantitative estimate of drug-likeness (QED) is 0.854. The molecule has 0 radical (unpaired) electrons. The van der Waals surface area contributed by atoms with Gasteiger partial charge in [-0.05, 0) is 30.2 Å². The van der Waals surface area contributed by atoms with Gasteiger partial charge in [0.05, 0.1) is 5.39 Å². The van der Waals surface area contributed by atoms with Crippen molar-refractivity contribution in [3.05, 3.63) is 17.6 Å². The minimum Gasteiger partial charge on any atom is -0.383 e. The summed E-state index contributed by atoms with van der Waals surface area (Å²) in [6.45, 7) is 13.6. The molecular formula is C15H22N4. The Bertz CT molecular complexity index is 665. The number of fused-ring (bicyclic) bond motifs is 1. The van der Waals surface area contributed by atoms with Gasteiger partial charge in [-0.25, -0.2) is 9.97 Å². The van der Waals surface area contributed by atoms with Gasteiger partial charge in [0.25, 0.3) is 0 Å². The van der Waals surface area contributed by atoms with Crippen LogP contribution in [-0.2, 0) is 0 Å². The van der Waals surface area contributed by atoms with Gasteiger partial charge in [-0.15, -0.1) is 0 Å². The molecule has 0 amide bonds. The second kappa shape index (κ2) is 3.30. The van der Waals surface area contributed by atoms with E-state index in [4.69, 9.17) is 5.73 Å². The zero-order valence-electron chi connectivity index (χ0n) is 12.6. The minimum atomic E-state index is 0.274. The van der Waals surface area contributed by atoms with Crippen molar-refractivity contribution in [1.82, 2.24) is 14.5 Å². The number of hydrogen-bond acceptors (Lipinski definition) is 3. The molecule has 19 heavy (non-hydrogen) atoms. The zero-order chi connectivity index (χ0) is 14.2. The maximum atomic E-state index is 6.03. The lowest BCUT2D eigenvalue weighted by atomic mass is 10.0. The highest BCUT2D eigenvalue weighted by Crippen LogP contribution is 2.72. The van der Waals surface area contributed by atoms with Crippen molar-refractivity contribution in [2.24, 2.45) is 10.8 Å². The molecule has 1 saturated carbocycles. The van der Waals surface area contributed by atoms with Crippen molar-refractivity contribution < 1.29 is 0 Å². The van der Waals surface area contributed by atoms with Crippen LogP contribution in [0.25, 0.3) is 11.0 Å². The van der Waals surface area contributed by atoms with E-state index in [1.54, 1.807) is 6.33 Å². The molecule has 2 aromatic heterocycles. The van der Waals surface area contributed by atoms with E-state index in [9.17, 15) is 0 Å². The minimum absolute atomic E-state index is 0.274. The Balaban J connectivity index is 2.33. The van der Waals surface area contributed by atoms with Crippen LogP contribution in [0.15, 0.2) is 6.33 Å². The molecule has 0 spiro atoms. The number of anilines is 1. The Morgan fingerprint density at radius 3 is 2.21 bits per heavy atom. The van der Waals surface area contributed by atoms with Crippen LogP contribution < -0.4 is 5.73 Å². The summed E-state index contributed by atoms with van der Waals surface area (Å²) in [5.74, 6) is 0.584. The normalized spacial score (nSPS) is 20.9. The molecule has 2 aromatic rings.